The minimum atomic E-state index is -4.35. The van der Waals surface area contributed by atoms with Crippen LogP contribution < -0.4 is 15.4 Å². The van der Waals surface area contributed by atoms with Gasteiger partial charge in [0, 0.05) is 46.8 Å². The molecule has 4 rings (SSSR count). The minimum Gasteiger partial charge on any atom is -0.329 e. The van der Waals surface area contributed by atoms with Crippen molar-refractivity contribution in [3.05, 3.63) is 59.9 Å². The van der Waals surface area contributed by atoms with Crippen LogP contribution in [0.4, 0.5) is 23.1 Å². The van der Waals surface area contributed by atoms with Crippen LogP contribution in [0.15, 0.2) is 53.5 Å². The van der Waals surface area contributed by atoms with E-state index in [1.165, 1.54) is 6.07 Å². The quantitative estimate of drug-likeness (QED) is 0.487. The first-order chi connectivity index (χ1) is 16.7. The van der Waals surface area contributed by atoms with Gasteiger partial charge >= 0.3 is 0 Å². The van der Waals surface area contributed by atoms with E-state index >= 15 is 0 Å². The molecule has 0 unspecified atom stereocenters. The highest BCUT2D eigenvalue weighted by molar-refractivity contribution is 7.89. The normalized spacial score (nSPS) is 14.4. The van der Waals surface area contributed by atoms with Crippen molar-refractivity contribution in [3.8, 4) is 0 Å². The third kappa shape index (κ3) is 4.07. The Hall–Kier alpha value is -3.50. The van der Waals surface area contributed by atoms with Gasteiger partial charge in [-0.25, -0.2) is 18.5 Å². The van der Waals surface area contributed by atoms with Crippen LogP contribution in [-0.2, 0) is 17.1 Å². The summed E-state index contributed by atoms with van der Waals surface area (Å²) in [5.74, 6) is 0.0323. The summed E-state index contributed by atoms with van der Waals surface area (Å²) in [6.07, 6.45) is -0.366. The largest absolute Gasteiger partial charge is 0.329 e. The first kappa shape index (κ1) is 15.3. The lowest BCUT2D eigenvalue weighted by molar-refractivity contribution is 0.597. The predicted octanol–water partition coefficient (Wildman–Crippen LogP) is 3.14. The number of sulfonamides is 1. The van der Waals surface area contributed by atoms with E-state index in [-0.39, 0.29) is 29.7 Å². The average Bonchev–Trinajstić information content (AvgIpc) is 3.07. The smallest absolute Gasteiger partial charge is 0.238 e. The van der Waals surface area contributed by atoms with Gasteiger partial charge in [-0.3, -0.25) is 4.68 Å². The van der Waals surface area contributed by atoms with Gasteiger partial charge in [-0.1, -0.05) is 6.07 Å². The molecule has 0 saturated heterocycles. The zero-order valence-electron chi connectivity index (χ0n) is 22.0. The highest BCUT2D eigenvalue weighted by Crippen LogP contribution is 2.28. The molecule has 160 valence electrons. The Bertz CT molecular complexity index is 1600. The van der Waals surface area contributed by atoms with Crippen LogP contribution in [0.2, 0.25) is 0 Å². The number of hydrogen-bond acceptors (Lipinski definition) is 7. The van der Waals surface area contributed by atoms with Crippen LogP contribution in [-0.4, -0.2) is 35.2 Å². The van der Waals surface area contributed by atoms with Gasteiger partial charge in [0.1, 0.15) is 5.82 Å². The number of nitrogens with zero attached hydrogens (tertiary/aromatic N) is 5. The Morgan fingerprint density at radius 2 is 2.06 bits per heavy atom. The SMILES string of the molecule is [2H]c1nc(Nc2ccc(C([2H])([2H])[2H])c(S(N)(=O)=O)c2)nc(N(C)c2ccc3c(C)n(C)nc3c2)c1[2H]. The molecule has 31 heavy (non-hydrogen) atoms. The number of anilines is 4. The molecule has 0 amide bonds. The second-order valence-electron chi connectivity index (χ2n) is 6.96. The number of nitrogens with one attached hydrogen (secondary N) is 1. The molecule has 9 nitrogen and oxygen atoms in total. The molecule has 0 aliphatic carbocycles. The Morgan fingerprint density at radius 1 is 1.26 bits per heavy atom. The van der Waals surface area contributed by atoms with Gasteiger partial charge in [-0.2, -0.15) is 10.1 Å². The second kappa shape index (κ2) is 7.64. The van der Waals surface area contributed by atoms with E-state index in [0.29, 0.717) is 5.69 Å². The fraction of sp³-hybridized carbons (Fsp3) is 0.190. The third-order valence-corrected chi connectivity index (χ3v) is 5.86. The van der Waals surface area contributed by atoms with Crippen LogP contribution in [0, 0.1) is 13.8 Å². The maximum atomic E-state index is 12.0. The standard InChI is InChI=1S/C21H23N7O2S/c1-13-5-6-15(11-19(13)31(22,29)30)24-21-23-10-9-20(25-21)27(3)16-7-8-17-14(2)28(4)26-18(17)12-16/h5-12H,1-4H3,(H2,22,29,30)(H,23,24,25)/i1D3,9D,10D. The maximum absolute atomic E-state index is 12.0. The van der Waals surface area contributed by atoms with Crippen LogP contribution in [0.1, 0.15) is 18.1 Å². The summed E-state index contributed by atoms with van der Waals surface area (Å²) in [5.41, 5.74) is 2.17. The Morgan fingerprint density at radius 3 is 2.81 bits per heavy atom. The lowest BCUT2D eigenvalue weighted by Gasteiger charge is -2.19. The summed E-state index contributed by atoms with van der Waals surface area (Å²) in [6, 6.07) is 8.93. The monoisotopic (exact) mass is 442 g/mol. The fourth-order valence-electron chi connectivity index (χ4n) is 3.11. The van der Waals surface area contributed by atoms with Gasteiger partial charge in [0.2, 0.25) is 16.0 Å². The van der Waals surface area contributed by atoms with Crippen LogP contribution in [0.5, 0.6) is 0 Å². The summed E-state index contributed by atoms with van der Waals surface area (Å²) in [4.78, 5) is 9.36. The highest BCUT2D eigenvalue weighted by Gasteiger charge is 2.14. The highest BCUT2D eigenvalue weighted by atomic mass is 32.2. The molecule has 0 saturated carbocycles. The molecule has 4 aromatic rings. The molecule has 0 aliphatic rings. The van der Waals surface area contributed by atoms with Crippen molar-refractivity contribution in [1.82, 2.24) is 19.7 Å². The van der Waals surface area contributed by atoms with E-state index in [2.05, 4.69) is 20.4 Å². The first-order valence-corrected chi connectivity index (χ1v) is 10.7. The maximum Gasteiger partial charge on any atom is 0.238 e. The van der Waals surface area contributed by atoms with Gasteiger partial charge in [-0.15, -0.1) is 0 Å². The van der Waals surface area contributed by atoms with Crippen molar-refractivity contribution in [2.45, 2.75) is 18.7 Å². The summed E-state index contributed by atoms with van der Waals surface area (Å²) >= 11 is 0. The van der Waals surface area contributed by atoms with Gasteiger partial charge < -0.3 is 10.2 Å². The van der Waals surface area contributed by atoms with Crippen molar-refractivity contribution >= 4 is 44.1 Å². The van der Waals surface area contributed by atoms with Crippen molar-refractivity contribution in [2.24, 2.45) is 12.2 Å². The number of benzene rings is 2. The molecule has 2 aromatic carbocycles. The van der Waals surface area contributed by atoms with Crippen molar-refractivity contribution in [2.75, 3.05) is 17.3 Å². The molecular formula is C21H23N7O2S. The zero-order valence-corrected chi connectivity index (χ0v) is 17.8. The van der Waals surface area contributed by atoms with E-state index in [9.17, 15) is 8.42 Å². The summed E-state index contributed by atoms with van der Waals surface area (Å²) in [6.45, 7) is -0.734. The minimum absolute atomic E-state index is 0.0883. The predicted molar refractivity (Wildman–Crippen MR) is 121 cm³/mol. The summed E-state index contributed by atoms with van der Waals surface area (Å²) in [5, 5.41) is 13.5. The number of primary sulfonamides is 1. The molecule has 2 aromatic heterocycles. The molecule has 2 heterocycles. The number of aryl methyl sites for hydroxylation is 3. The molecule has 0 radical (unpaired) electrons. The number of hydrogen-bond donors (Lipinski definition) is 2. The van der Waals surface area contributed by atoms with Gasteiger partial charge in [0.25, 0.3) is 0 Å². The number of aromatic nitrogens is 4. The van der Waals surface area contributed by atoms with Crippen molar-refractivity contribution in [1.29, 1.82) is 0 Å². The molecule has 0 bridgehead atoms. The summed E-state index contributed by atoms with van der Waals surface area (Å²) in [7, 11) is -0.813. The van der Waals surface area contributed by atoms with Gasteiger partial charge in [0.05, 0.1) is 13.2 Å². The number of rotatable bonds is 5. The van der Waals surface area contributed by atoms with E-state index in [0.717, 1.165) is 28.7 Å². The Labute approximate surface area is 187 Å². The van der Waals surface area contributed by atoms with Gasteiger partial charge in [-0.05, 0) is 55.7 Å². The van der Waals surface area contributed by atoms with Crippen LogP contribution in [0.3, 0.4) is 0 Å². The molecule has 0 atom stereocenters. The third-order valence-electron chi connectivity index (χ3n) is 4.90. The summed E-state index contributed by atoms with van der Waals surface area (Å²) < 4.78 is 65.0. The van der Waals surface area contributed by atoms with E-state index < -0.39 is 27.3 Å². The lowest BCUT2D eigenvalue weighted by Crippen LogP contribution is -2.14. The van der Waals surface area contributed by atoms with Crippen LogP contribution in [0.25, 0.3) is 10.9 Å². The van der Waals surface area contributed by atoms with Gasteiger partial charge in [0.15, 0.2) is 0 Å². The van der Waals surface area contributed by atoms with Crippen molar-refractivity contribution < 1.29 is 15.3 Å². The lowest BCUT2D eigenvalue weighted by atomic mass is 10.2. The fourth-order valence-corrected chi connectivity index (χ4v) is 3.78. The molecule has 3 N–H and O–H groups in total. The number of fused-ring (bicyclic) bond motifs is 1. The Balaban J connectivity index is 1.73. The van der Waals surface area contributed by atoms with E-state index in [4.69, 9.17) is 12.0 Å². The topological polar surface area (TPSA) is 119 Å². The average molecular weight is 443 g/mol. The zero-order chi connectivity index (χ0) is 26.6. The Kier molecular flexibility index (Phi) is 3.78. The first-order valence-electron chi connectivity index (χ1n) is 11.6. The number of nitrogens with two attached hydrogens (primary N) is 1. The molecular weight excluding hydrogens is 414 g/mol. The van der Waals surface area contributed by atoms with E-state index in [1.807, 2.05) is 32.2 Å². The molecule has 10 heteroatoms. The second-order valence-corrected chi connectivity index (χ2v) is 8.49. The van der Waals surface area contributed by atoms with E-state index in [1.54, 1.807) is 16.6 Å². The molecule has 0 fully saturated rings. The molecule has 0 spiro atoms. The molecule has 0 aliphatic heterocycles. The van der Waals surface area contributed by atoms with Crippen molar-refractivity contribution in [3.63, 3.8) is 0 Å². The van der Waals surface area contributed by atoms with Crippen LogP contribution >= 0.6 is 0 Å².